The molecule has 0 aliphatic carbocycles. The summed E-state index contributed by atoms with van der Waals surface area (Å²) in [6, 6.07) is 6.01. The van der Waals surface area contributed by atoms with E-state index in [1.54, 1.807) is 13.8 Å². The molecule has 0 saturated carbocycles. The summed E-state index contributed by atoms with van der Waals surface area (Å²) in [4.78, 5) is 34.2. The lowest BCUT2D eigenvalue weighted by Crippen LogP contribution is -2.21. The van der Waals surface area contributed by atoms with Gasteiger partial charge in [0.15, 0.2) is 6.61 Å². The maximum absolute atomic E-state index is 12.5. The Balaban J connectivity index is 2.02. The molecule has 1 N–H and O–H groups in total. The molecule has 2 rings (SSSR count). The van der Waals surface area contributed by atoms with Crippen LogP contribution in [0.15, 0.2) is 36.4 Å². The molecule has 0 fully saturated rings. The van der Waals surface area contributed by atoms with Crippen LogP contribution < -0.4 is 5.32 Å². The molecule has 2 aromatic carbocycles. The number of nitrogens with zero attached hydrogens (tertiary/aromatic N) is 1. The van der Waals surface area contributed by atoms with Crippen LogP contribution in [0.4, 0.5) is 24.5 Å². The zero-order valence-electron chi connectivity index (χ0n) is 14.8. The lowest BCUT2D eigenvalue weighted by atomic mass is 10.1. The molecule has 0 saturated heterocycles. The Morgan fingerprint density at radius 2 is 1.68 bits per heavy atom. The number of ether oxygens (including phenoxy) is 1. The number of esters is 1. The molecule has 7 nitrogen and oxygen atoms in total. The highest BCUT2D eigenvalue weighted by Crippen LogP contribution is 2.29. The van der Waals surface area contributed by atoms with Gasteiger partial charge in [0.05, 0.1) is 16.1 Å². The third-order valence-electron chi connectivity index (χ3n) is 3.87. The van der Waals surface area contributed by atoms with Crippen LogP contribution >= 0.6 is 0 Å². The Hall–Kier alpha value is -3.43. The minimum absolute atomic E-state index is 0.0521. The van der Waals surface area contributed by atoms with Gasteiger partial charge in [-0.1, -0.05) is 0 Å². The van der Waals surface area contributed by atoms with Crippen LogP contribution in [0.3, 0.4) is 0 Å². The number of carbonyl (C=O) groups is 2. The van der Waals surface area contributed by atoms with Gasteiger partial charge in [-0.05, 0) is 55.3 Å². The van der Waals surface area contributed by atoms with Crippen molar-refractivity contribution in [3.63, 3.8) is 0 Å². The third-order valence-corrected chi connectivity index (χ3v) is 3.87. The number of benzene rings is 2. The number of carbonyl (C=O) groups excluding carboxylic acids is 2. The molecular formula is C18H15F3N2O5. The summed E-state index contributed by atoms with van der Waals surface area (Å²) in [7, 11) is 0. The van der Waals surface area contributed by atoms with Crippen molar-refractivity contribution in [2.45, 2.75) is 20.0 Å². The average molecular weight is 396 g/mol. The first-order valence-electron chi connectivity index (χ1n) is 7.89. The Bertz CT molecular complexity index is 924. The number of aryl methyl sites for hydroxylation is 2. The Morgan fingerprint density at radius 1 is 1.11 bits per heavy atom. The maximum atomic E-state index is 12.5. The summed E-state index contributed by atoms with van der Waals surface area (Å²) >= 11 is 0. The number of anilines is 1. The number of rotatable bonds is 5. The van der Waals surface area contributed by atoms with Crippen molar-refractivity contribution in [2.75, 3.05) is 11.9 Å². The van der Waals surface area contributed by atoms with Gasteiger partial charge >= 0.3 is 12.1 Å². The quantitative estimate of drug-likeness (QED) is 0.467. The highest BCUT2D eigenvalue weighted by atomic mass is 19.4. The van der Waals surface area contributed by atoms with Crippen LogP contribution in [-0.2, 0) is 15.7 Å². The first-order valence-corrected chi connectivity index (χ1v) is 7.89. The van der Waals surface area contributed by atoms with Crippen molar-refractivity contribution < 1.29 is 32.4 Å². The van der Waals surface area contributed by atoms with Crippen LogP contribution in [0.5, 0.6) is 0 Å². The van der Waals surface area contributed by atoms with Crippen LogP contribution in [-0.4, -0.2) is 23.4 Å². The molecule has 0 aliphatic rings. The van der Waals surface area contributed by atoms with E-state index < -0.39 is 35.1 Å². The highest BCUT2D eigenvalue weighted by Gasteiger charge is 2.30. The second-order valence-electron chi connectivity index (χ2n) is 5.91. The summed E-state index contributed by atoms with van der Waals surface area (Å²) in [5.74, 6) is -1.83. The van der Waals surface area contributed by atoms with E-state index in [0.717, 1.165) is 24.3 Å². The molecule has 10 heteroatoms. The van der Waals surface area contributed by atoms with Crippen LogP contribution in [0.25, 0.3) is 0 Å². The molecule has 1 amide bonds. The van der Waals surface area contributed by atoms with Gasteiger partial charge < -0.3 is 10.1 Å². The van der Waals surface area contributed by atoms with E-state index in [-0.39, 0.29) is 16.9 Å². The standard InChI is InChI=1S/C18H15F3N2O5/c1-10-7-14(15(23(26)27)8-11(10)2)22-16(24)9-28-17(25)12-3-5-13(6-4-12)18(19,20)21/h3-8H,9H2,1-2H3,(H,22,24). The molecule has 0 unspecified atom stereocenters. The SMILES string of the molecule is Cc1cc(NC(=O)COC(=O)c2ccc(C(F)(F)F)cc2)c([N+](=O)[O-])cc1C. The van der Waals surface area contributed by atoms with Crippen LogP contribution in [0, 0.1) is 24.0 Å². The van der Waals surface area contributed by atoms with Gasteiger partial charge in [0, 0.05) is 6.07 Å². The predicted molar refractivity (Wildman–Crippen MR) is 92.9 cm³/mol. The van der Waals surface area contributed by atoms with Gasteiger partial charge in [0.2, 0.25) is 0 Å². The normalized spacial score (nSPS) is 11.0. The monoisotopic (exact) mass is 396 g/mol. The first kappa shape index (κ1) is 20.9. The highest BCUT2D eigenvalue weighted by molar-refractivity contribution is 5.97. The summed E-state index contributed by atoms with van der Waals surface area (Å²) in [6.45, 7) is 2.63. The summed E-state index contributed by atoms with van der Waals surface area (Å²) in [5.41, 5.74) is -0.0860. The zero-order valence-corrected chi connectivity index (χ0v) is 14.8. The molecule has 0 spiro atoms. The fraction of sp³-hybridized carbons (Fsp3) is 0.222. The third kappa shape index (κ3) is 5.06. The molecule has 0 atom stereocenters. The van der Waals surface area contributed by atoms with Crippen molar-refractivity contribution in [3.8, 4) is 0 Å². The van der Waals surface area contributed by atoms with Gasteiger partial charge in [-0.3, -0.25) is 14.9 Å². The van der Waals surface area contributed by atoms with Crippen molar-refractivity contribution >= 4 is 23.3 Å². The predicted octanol–water partition coefficient (Wildman–Crippen LogP) is 4.03. The Morgan fingerprint density at radius 3 is 2.21 bits per heavy atom. The van der Waals surface area contributed by atoms with Gasteiger partial charge in [0.25, 0.3) is 11.6 Å². The van der Waals surface area contributed by atoms with Gasteiger partial charge in [-0.2, -0.15) is 13.2 Å². The Kier molecular flexibility index (Phi) is 6.02. The molecule has 0 aliphatic heterocycles. The summed E-state index contributed by atoms with van der Waals surface area (Å²) in [6.07, 6.45) is -4.54. The van der Waals surface area contributed by atoms with E-state index >= 15 is 0 Å². The number of hydrogen-bond donors (Lipinski definition) is 1. The van der Waals surface area contributed by atoms with Crippen LogP contribution in [0.2, 0.25) is 0 Å². The van der Waals surface area contributed by atoms with E-state index in [1.165, 1.54) is 12.1 Å². The number of alkyl halides is 3. The molecule has 148 valence electrons. The second kappa shape index (κ2) is 8.07. The maximum Gasteiger partial charge on any atom is 0.416 e. The molecule has 28 heavy (non-hydrogen) atoms. The molecule has 0 bridgehead atoms. The summed E-state index contributed by atoms with van der Waals surface area (Å²) in [5, 5.41) is 13.4. The number of nitro benzene ring substituents is 1. The smallest absolute Gasteiger partial charge is 0.416 e. The van der Waals surface area contributed by atoms with Crippen LogP contribution in [0.1, 0.15) is 27.0 Å². The van der Waals surface area contributed by atoms with E-state index in [4.69, 9.17) is 4.74 Å². The number of nitrogens with one attached hydrogen (secondary N) is 1. The lowest BCUT2D eigenvalue weighted by molar-refractivity contribution is -0.384. The van der Waals surface area contributed by atoms with Gasteiger partial charge in [-0.25, -0.2) is 4.79 Å². The number of amides is 1. The lowest BCUT2D eigenvalue weighted by Gasteiger charge is -2.10. The number of nitro groups is 1. The number of hydrogen-bond acceptors (Lipinski definition) is 5. The van der Waals surface area contributed by atoms with E-state index in [9.17, 15) is 32.9 Å². The fourth-order valence-electron chi connectivity index (χ4n) is 2.25. The van der Waals surface area contributed by atoms with E-state index in [2.05, 4.69) is 5.32 Å². The molecule has 0 radical (unpaired) electrons. The van der Waals surface area contributed by atoms with Crippen molar-refractivity contribution in [2.24, 2.45) is 0 Å². The molecule has 0 aromatic heterocycles. The minimum Gasteiger partial charge on any atom is -0.452 e. The fourth-order valence-corrected chi connectivity index (χ4v) is 2.25. The van der Waals surface area contributed by atoms with Gasteiger partial charge in [-0.15, -0.1) is 0 Å². The van der Waals surface area contributed by atoms with Crippen molar-refractivity contribution in [3.05, 3.63) is 68.8 Å². The second-order valence-corrected chi connectivity index (χ2v) is 5.91. The topological polar surface area (TPSA) is 98.5 Å². The minimum atomic E-state index is -4.54. The molecular weight excluding hydrogens is 381 g/mol. The number of halogens is 3. The van der Waals surface area contributed by atoms with E-state index in [0.29, 0.717) is 11.1 Å². The molecule has 2 aromatic rings. The van der Waals surface area contributed by atoms with Crippen molar-refractivity contribution in [1.82, 2.24) is 0 Å². The average Bonchev–Trinajstić information content (AvgIpc) is 2.61. The first-order chi connectivity index (χ1) is 13.0. The molecule has 0 heterocycles. The Labute approximate surface area is 157 Å². The zero-order chi connectivity index (χ0) is 21.1. The van der Waals surface area contributed by atoms with Crippen molar-refractivity contribution in [1.29, 1.82) is 0 Å². The van der Waals surface area contributed by atoms with E-state index in [1.807, 2.05) is 0 Å². The summed E-state index contributed by atoms with van der Waals surface area (Å²) < 4.78 is 42.3. The largest absolute Gasteiger partial charge is 0.452 e. The van der Waals surface area contributed by atoms with Gasteiger partial charge in [0.1, 0.15) is 5.69 Å².